The number of nitrogens with zero attached hydrogens (tertiary/aromatic N) is 1. The van der Waals surface area contributed by atoms with E-state index in [2.05, 4.69) is 39.8 Å². The Morgan fingerprint density at radius 2 is 1.90 bits per heavy atom. The summed E-state index contributed by atoms with van der Waals surface area (Å²) in [4.78, 5) is 27.4. The maximum Gasteiger partial charge on any atom is 0.251 e. The molecule has 2 amide bonds. The summed E-state index contributed by atoms with van der Waals surface area (Å²) in [5, 5.41) is 5.84. The van der Waals surface area contributed by atoms with Gasteiger partial charge < -0.3 is 10.6 Å². The summed E-state index contributed by atoms with van der Waals surface area (Å²) < 4.78 is 0. The number of amides is 2. The van der Waals surface area contributed by atoms with Gasteiger partial charge in [-0.1, -0.05) is 54.4 Å². The number of hydrogen-bond donors (Lipinski definition) is 2. The Labute approximate surface area is 173 Å². The molecule has 1 aliphatic heterocycles. The van der Waals surface area contributed by atoms with Crippen molar-refractivity contribution < 1.29 is 9.59 Å². The fourth-order valence-electron chi connectivity index (χ4n) is 3.82. The van der Waals surface area contributed by atoms with Crippen LogP contribution in [0.1, 0.15) is 47.7 Å². The zero-order chi connectivity index (χ0) is 20.6. The van der Waals surface area contributed by atoms with Gasteiger partial charge in [0.2, 0.25) is 5.91 Å². The second-order valence-corrected chi connectivity index (χ2v) is 7.92. The standard InChI is InChI=1S/C24H31N3O2/c1-18-9-8-12-21(15-18)24(29)26-19(2)23(28)25-16-22-13-6-7-14-27(22)17-20-10-4-3-5-11-20/h3-5,8-12,15,19,22H,6-7,13-14,16-17H2,1-2H3,(H,25,28)(H,26,29). The van der Waals surface area contributed by atoms with Crippen LogP contribution >= 0.6 is 0 Å². The van der Waals surface area contributed by atoms with Gasteiger partial charge in [0.25, 0.3) is 5.91 Å². The number of nitrogens with one attached hydrogen (secondary N) is 2. The second-order valence-electron chi connectivity index (χ2n) is 7.92. The van der Waals surface area contributed by atoms with Gasteiger partial charge in [0.05, 0.1) is 0 Å². The molecule has 0 saturated carbocycles. The summed E-state index contributed by atoms with van der Waals surface area (Å²) in [6.45, 7) is 6.23. The molecule has 2 N–H and O–H groups in total. The molecule has 154 valence electrons. The van der Waals surface area contributed by atoms with Crippen molar-refractivity contribution in [1.29, 1.82) is 0 Å². The van der Waals surface area contributed by atoms with E-state index in [9.17, 15) is 9.59 Å². The van der Waals surface area contributed by atoms with Crippen molar-refractivity contribution in [3.8, 4) is 0 Å². The molecule has 0 bridgehead atoms. The highest BCUT2D eigenvalue weighted by Crippen LogP contribution is 2.19. The van der Waals surface area contributed by atoms with Crippen molar-refractivity contribution in [3.05, 3.63) is 71.3 Å². The van der Waals surface area contributed by atoms with E-state index in [1.54, 1.807) is 13.0 Å². The summed E-state index contributed by atoms with van der Waals surface area (Å²) in [6.07, 6.45) is 3.46. The zero-order valence-electron chi connectivity index (χ0n) is 17.4. The van der Waals surface area contributed by atoms with Gasteiger partial charge in [-0.2, -0.15) is 0 Å². The monoisotopic (exact) mass is 393 g/mol. The smallest absolute Gasteiger partial charge is 0.251 e. The second kappa shape index (κ2) is 10.2. The quantitative estimate of drug-likeness (QED) is 0.759. The predicted octanol–water partition coefficient (Wildman–Crippen LogP) is 3.28. The number of carbonyl (C=O) groups excluding carboxylic acids is 2. The third-order valence-corrected chi connectivity index (χ3v) is 5.51. The molecule has 1 heterocycles. The highest BCUT2D eigenvalue weighted by molar-refractivity contribution is 5.97. The Hall–Kier alpha value is -2.66. The molecule has 2 aromatic carbocycles. The first-order chi connectivity index (χ1) is 14.0. The van der Waals surface area contributed by atoms with Gasteiger partial charge in [0, 0.05) is 24.7 Å². The van der Waals surface area contributed by atoms with Gasteiger partial charge in [-0.25, -0.2) is 0 Å². The highest BCUT2D eigenvalue weighted by Gasteiger charge is 2.24. The summed E-state index contributed by atoms with van der Waals surface area (Å²) >= 11 is 0. The normalized spacial score (nSPS) is 18.1. The average molecular weight is 394 g/mol. The maximum atomic E-state index is 12.5. The minimum Gasteiger partial charge on any atom is -0.353 e. The fraction of sp³-hybridized carbons (Fsp3) is 0.417. The van der Waals surface area contributed by atoms with Crippen LogP contribution in [-0.2, 0) is 11.3 Å². The highest BCUT2D eigenvalue weighted by atomic mass is 16.2. The van der Waals surface area contributed by atoms with Crippen molar-refractivity contribution in [3.63, 3.8) is 0 Å². The van der Waals surface area contributed by atoms with Gasteiger partial charge in [-0.3, -0.25) is 14.5 Å². The van der Waals surface area contributed by atoms with E-state index < -0.39 is 6.04 Å². The molecule has 2 aromatic rings. The van der Waals surface area contributed by atoms with Crippen LogP contribution in [0.3, 0.4) is 0 Å². The Morgan fingerprint density at radius 1 is 1.10 bits per heavy atom. The lowest BCUT2D eigenvalue weighted by Crippen LogP contribution is -2.50. The first-order valence-electron chi connectivity index (χ1n) is 10.5. The number of rotatable bonds is 7. The minimum atomic E-state index is -0.575. The fourth-order valence-corrected chi connectivity index (χ4v) is 3.82. The van der Waals surface area contributed by atoms with Gasteiger partial charge >= 0.3 is 0 Å². The molecular formula is C24H31N3O2. The molecule has 2 atom stereocenters. The predicted molar refractivity (Wildman–Crippen MR) is 116 cm³/mol. The summed E-state index contributed by atoms with van der Waals surface area (Å²) in [5.74, 6) is -0.365. The first-order valence-corrected chi connectivity index (χ1v) is 10.5. The van der Waals surface area contributed by atoms with Crippen LogP contribution in [0.2, 0.25) is 0 Å². The molecule has 0 radical (unpaired) electrons. The van der Waals surface area contributed by atoms with Gasteiger partial charge in [-0.05, 0) is 50.9 Å². The molecule has 29 heavy (non-hydrogen) atoms. The van der Waals surface area contributed by atoms with E-state index in [0.29, 0.717) is 18.2 Å². The minimum absolute atomic E-state index is 0.142. The van der Waals surface area contributed by atoms with Crippen LogP contribution in [0.15, 0.2) is 54.6 Å². The van der Waals surface area contributed by atoms with Crippen molar-refractivity contribution >= 4 is 11.8 Å². The lowest BCUT2D eigenvalue weighted by atomic mass is 10.0. The van der Waals surface area contributed by atoms with Crippen LogP contribution in [0, 0.1) is 6.92 Å². The summed E-state index contributed by atoms with van der Waals surface area (Å²) in [7, 11) is 0. The number of likely N-dealkylation sites (tertiary alicyclic amines) is 1. The molecular weight excluding hydrogens is 362 g/mol. The molecule has 0 spiro atoms. The molecule has 1 saturated heterocycles. The Balaban J connectivity index is 1.50. The SMILES string of the molecule is Cc1cccc(C(=O)NC(C)C(=O)NCC2CCCCN2Cc2ccccc2)c1. The molecule has 0 aliphatic carbocycles. The largest absolute Gasteiger partial charge is 0.353 e. The lowest BCUT2D eigenvalue weighted by molar-refractivity contribution is -0.122. The number of aryl methyl sites for hydroxylation is 1. The van der Waals surface area contributed by atoms with E-state index in [4.69, 9.17) is 0 Å². The van der Waals surface area contributed by atoms with Gasteiger partial charge in [0.1, 0.15) is 6.04 Å². The number of carbonyl (C=O) groups is 2. The van der Waals surface area contributed by atoms with E-state index >= 15 is 0 Å². The van der Waals surface area contributed by atoms with Crippen LogP contribution in [0.25, 0.3) is 0 Å². The molecule has 3 rings (SSSR count). The Kier molecular flexibility index (Phi) is 7.42. The summed E-state index contributed by atoms with van der Waals surface area (Å²) in [5.41, 5.74) is 2.89. The molecule has 1 fully saturated rings. The van der Waals surface area contributed by atoms with Crippen LogP contribution in [0.4, 0.5) is 0 Å². The third-order valence-electron chi connectivity index (χ3n) is 5.51. The number of piperidine rings is 1. The topological polar surface area (TPSA) is 61.4 Å². The molecule has 2 unspecified atom stereocenters. The van der Waals surface area contributed by atoms with E-state index in [0.717, 1.165) is 25.1 Å². The van der Waals surface area contributed by atoms with Crippen LogP contribution in [-0.4, -0.2) is 41.9 Å². The maximum absolute atomic E-state index is 12.5. The summed E-state index contributed by atoms with van der Waals surface area (Å²) in [6, 6.07) is 17.6. The lowest BCUT2D eigenvalue weighted by Gasteiger charge is -2.36. The first kappa shape index (κ1) is 21.1. The van der Waals surface area contributed by atoms with Gasteiger partial charge in [0.15, 0.2) is 0 Å². The Morgan fingerprint density at radius 3 is 2.66 bits per heavy atom. The molecule has 0 aromatic heterocycles. The van der Waals surface area contributed by atoms with Crippen molar-refractivity contribution in [1.82, 2.24) is 15.5 Å². The van der Waals surface area contributed by atoms with Crippen LogP contribution in [0.5, 0.6) is 0 Å². The number of hydrogen-bond acceptors (Lipinski definition) is 3. The van der Waals surface area contributed by atoms with Crippen LogP contribution < -0.4 is 10.6 Å². The Bertz CT molecular complexity index is 822. The molecule has 5 heteroatoms. The number of benzene rings is 2. The van der Waals surface area contributed by atoms with Gasteiger partial charge in [-0.15, -0.1) is 0 Å². The average Bonchev–Trinajstić information content (AvgIpc) is 2.73. The van der Waals surface area contributed by atoms with Crippen molar-refractivity contribution in [2.75, 3.05) is 13.1 Å². The van der Waals surface area contributed by atoms with E-state index in [-0.39, 0.29) is 11.8 Å². The van der Waals surface area contributed by atoms with E-state index in [1.165, 1.54) is 18.4 Å². The third kappa shape index (κ3) is 6.16. The zero-order valence-corrected chi connectivity index (χ0v) is 17.4. The molecule has 1 aliphatic rings. The van der Waals surface area contributed by atoms with Crippen molar-refractivity contribution in [2.24, 2.45) is 0 Å². The van der Waals surface area contributed by atoms with Crippen molar-refractivity contribution in [2.45, 2.75) is 51.7 Å². The molecule has 5 nitrogen and oxygen atoms in total. The van der Waals surface area contributed by atoms with E-state index in [1.807, 2.05) is 31.2 Å².